The molecule has 3 N–H and O–H groups in total. The number of allylic oxidation sites excluding steroid dienone is 1. The number of benzene rings is 2. The highest BCUT2D eigenvalue weighted by molar-refractivity contribution is 7.99. The lowest BCUT2D eigenvalue weighted by molar-refractivity contribution is -0.115. The maximum absolute atomic E-state index is 12.5. The largest absolute Gasteiger partial charge is 0.488 e. The summed E-state index contributed by atoms with van der Waals surface area (Å²) in [5.41, 5.74) is 8.38. The molecular weight excluding hydrogens is 481 g/mol. The summed E-state index contributed by atoms with van der Waals surface area (Å²) in [6, 6.07) is 12.2. The molecule has 1 atom stereocenters. The Kier molecular flexibility index (Phi) is 7.17. The van der Waals surface area contributed by atoms with Crippen LogP contribution in [0, 0.1) is 0 Å². The number of nitrogens with two attached hydrogens (primary N) is 1. The van der Waals surface area contributed by atoms with Crippen molar-refractivity contribution in [2.24, 2.45) is 5.73 Å². The van der Waals surface area contributed by atoms with Crippen molar-refractivity contribution in [2.75, 3.05) is 11.1 Å². The summed E-state index contributed by atoms with van der Waals surface area (Å²) >= 11 is 13.9. The first-order valence-corrected chi connectivity index (χ1v) is 12.2. The van der Waals surface area contributed by atoms with E-state index in [0.29, 0.717) is 38.2 Å². The Hall–Kier alpha value is -2.68. The van der Waals surface area contributed by atoms with Crippen molar-refractivity contribution in [3.63, 3.8) is 0 Å². The second kappa shape index (κ2) is 10.1. The lowest BCUT2D eigenvalue weighted by Crippen LogP contribution is -2.32. The van der Waals surface area contributed by atoms with Gasteiger partial charge in [0.15, 0.2) is 0 Å². The first-order valence-electron chi connectivity index (χ1n) is 10.4. The molecule has 0 saturated heterocycles. The maximum Gasteiger partial charge on any atom is 0.248 e. The Bertz CT molecular complexity index is 1230. The van der Waals surface area contributed by atoms with Gasteiger partial charge in [0, 0.05) is 32.6 Å². The van der Waals surface area contributed by atoms with Gasteiger partial charge >= 0.3 is 0 Å². The van der Waals surface area contributed by atoms with Crippen molar-refractivity contribution in [3.8, 4) is 5.75 Å². The maximum atomic E-state index is 12.5. The van der Waals surface area contributed by atoms with Gasteiger partial charge in [-0.2, -0.15) is 4.98 Å². The van der Waals surface area contributed by atoms with Gasteiger partial charge in [0.1, 0.15) is 18.4 Å². The van der Waals surface area contributed by atoms with Crippen LogP contribution in [0.25, 0.3) is 0 Å². The van der Waals surface area contributed by atoms with E-state index in [2.05, 4.69) is 22.3 Å². The molecule has 0 spiro atoms. The van der Waals surface area contributed by atoms with E-state index in [4.69, 9.17) is 33.7 Å². The number of aromatic nitrogens is 3. The first kappa shape index (κ1) is 23.5. The summed E-state index contributed by atoms with van der Waals surface area (Å²) in [4.78, 5) is 17.1. The number of nitrogens with one attached hydrogen (secondary N) is 1. The normalized spacial score (nSPS) is 15.2. The number of nitrogens with zero attached hydrogens (tertiary/aromatic N) is 3. The molecule has 10 heteroatoms. The van der Waals surface area contributed by atoms with Crippen molar-refractivity contribution < 1.29 is 9.53 Å². The van der Waals surface area contributed by atoms with Crippen LogP contribution in [0.5, 0.6) is 5.75 Å². The van der Waals surface area contributed by atoms with Crippen LogP contribution in [0.1, 0.15) is 37.4 Å². The average Bonchev–Trinajstić information content (AvgIpc) is 3.18. The Morgan fingerprint density at radius 1 is 1.27 bits per heavy atom. The number of carbonyl (C=O) groups excluding carboxylic acids is 1. The number of halogens is 2. The van der Waals surface area contributed by atoms with Gasteiger partial charge < -0.3 is 15.8 Å². The highest BCUT2D eigenvalue weighted by atomic mass is 35.5. The van der Waals surface area contributed by atoms with Crippen molar-refractivity contribution in [1.82, 2.24) is 14.8 Å². The Morgan fingerprint density at radius 2 is 2.06 bits per heavy atom. The molecule has 1 aliphatic rings. The fourth-order valence-electron chi connectivity index (χ4n) is 3.62. The minimum absolute atomic E-state index is 0.231. The Morgan fingerprint density at radius 3 is 2.79 bits per heavy atom. The van der Waals surface area contributed by atoms with E-state index < -0.39 is 11.9 Å². The number of amides is 1. The first-order chi connectivity index (χ1) is 15.9. The number of ether oxygens (including phenoxy) is 1. The van der Waals surface area contributed by atoms with E-state index in [0.717, 1.165) is 23.3 Å². The number of thioether (sulfide) groups is 1. The predicted octanol–water partition coefficient (Wildman–Crippen LogP) is 5.44. The van der Waals surface area contributed by atoms with E-state index in [1.807, 2.05) is 30.3 Å². The smallest absolute Gasteiger partial charge is 0.248 e. The number of para-hydroxylation sites is 1. The van der Waals surface area contributed by atoms with Gasteiger partial charge in [0.2, 0.25) is 17.0 Å². The molecule has 0 radical (unpaired) electrons. The van der Waals surface area contributed by atoms with Gasteiger partial charge in [-0.3, -0.25) is 4.79 Å². The number of anilines is 1. The molecule has 1 amide bonds. The molecule has 172 valence electrons. The van der Waals surface area contributed by atoms with Crippen LogP contribution < -0.4 is 15.8 Å². The van der Waals surface area contributed by atoms with Crippen molar-refractivity contribution in [1.29, 1.82) is 0 Å². The molecule has 0 bridgehead atoms. The molecule has 7 nitrogen and oxygen atoms in total. The molecule has 1 aromatic heterocycles. The van der Waals surface area contributed by atoms with Gasteiger partial charge in [-0.05, 0) is 31.5 Å². The number of hydrogen-bond acceptors (Lipinski definition) is 6. The molecule has 3 aromatic rings. The minimum Gasteiger partial charge on any atom is -0.488 e. The predicted molar refractivity (Wildman–Crippen MR) is 132 cm³/mol. The number of carbonyl (C=O) groups is 1. The molecule has 0 saturated carbocycles. The topological polar surface area (TPSA) is 95.1 Å². The van der Waals surface area contributed by atoms with E-state index in [-0.39, 0.29) is 6.61 Å². The third kappa shape index (κ3) is 4.98. The lowest BCUT2D eigenvalue weighted by Gasteiger charge is -2.28. The summed E-state index contributed by atoms with van der Waals surface area (Å²) in [6.45, 7) is 4.14. The number of rotatable bonds is 8. The molecule has 4 rings (SSSR count). The van der Waals surface area contributed by atoms with E-state index in [1.54, 1.807) is 35.5 Å². The molecule has 0 fully saturated rings. The van der Waals surface area contributed by atoms with Crippen LogP contribution in [0.2, 0.25) is 10.0 Å². The summed E-state index contributed by atoms with van der Waals surface area (Å²) in [7, 11) is 0. The van der Waals surface area contributed by atoms with Gasteiger partial charge in [0.05, 0.1) is 5.57 Å². The molecular formula is C23H23Cl2N5O2S. The van der Waals surface area contributed by atoms with Crippen LogP contribution in [-0.2, 0) is 11.4 Å². The van der Waals surface area contributed by atoms with Gasteiger partial charge in [-0.1, -0.05) is 66.2 Å². The van der Waals surface area contributed by atoms with Crippen LogP contribution in [0.4, 0.5) is 5.95 Å². The minimum atomic E-state index is -0.584. The van der Waals surface area contributed by atoms with Gasteiger partial charge in [-0.15, -0.1) is 5.10 Å². The Labute approximate surface area is 206 Å². The SMILES string of the molecule is CCCSc1nc2n(n1)C(c1ccccc1OCc1ccc(Cl)cc1Cl)C(C(N)=O)=C(C)N2. The van der Waals surface area contributed by atoms with Gasteiger partial charge in [-0.25, -0.2) is 4.68 Å². The third-order valence-electron chi connectivity index (χ3n) is 5.15. The van der Waals surface area contributed by atoms with Crippen molar-refractivity contribution >= 4 is 46.8 Å². The quantitative estimate of drug-likeness (QED) is 0.397. The molecule has 33 heavy (non-hydrogen) atoms. The van der Waals surface area contributed by atoms with Crippen LogP contribution in [0.3, 0.4) is 0 Å². The van der Waals surface area contributed by atoms with Crippen molar-refractivity contribution in [3.05, 3.63) is 74.9 Å². The molecule has 1 aliphatic heterocycles. The van der Waals surface area contributed by atoms with E-state index >= 15 is 0 Å². The summed E-state index contributed by atoms with van der Waals surface area (Å²) in [5.74, 6) is 1.50. The third-order valence-corrected chi connectivity index (χ3v) is 6.78. The average molecular weight is 504 g/mol. The Balaban J connectivity index is 1.74. The summed E-state index contributed by atoms with van der Waals surface area (Å²) in [6.07, 6.45) is 0.999. The number of hydrogen-bond donors (Lipinski definition) is 2. The zero-order valence-electron chi connectivity index (χ0n) is 18.1. The molecule has 1 unspecified atom stereocenters. The lowest BCUT2D eigenvalue weighted by atomic mass is 9.94. The summed E-state index contributed by atoms with van der Waals surface area (Å²) in [5, 5.41) is 9.54. The highest BCUT2D eigenvalue weighted by Gasteiger charge is 2.35. The zero-order valence-corrected chi connectivity index (χ0v) is 20.5. The van der Waals surface area contributed by atoms with Crippen LogP contribution >= 0.6 is 35.0 Å². The number of fused-ring (bicyclic) bond motifs is 1. The second-order valence-corrected chi connectivity index (χ2v) is 9.41. The van der Waals surface area contributed by atoms with E-state index in [1.165, 1.54) is 0 Å². The van der Waals surface area contributed by atoms with Gasteiger partial charge in [0.25, 0.3) is 0 Å². The van der Waals surface area contributed by atoms with E-state index in [9.17, 15) is 4.79 Å². The zero-order chi connectivity index (χ0) is 23.5. The monoisotopic (exact) mass is 503 g/mol. The standard InChI is InChI=1S/C23H23Cl2N5O2S/c1-3-10-33-23-28-22-27-13(2)19(21(26)31)20(30(22)29-23)16-6-4-5-7-18(16)32-12-14-8-9-15(24)11-17(14)25/h4-9,11,20H,3,10,12H2,1-2H3,(H2,26,31)(H,27,28,29). The number of primary amides is 1. The summed E-state index contributed by atoms with van der Waals surface area (Å²) < 4.78 is 7.85. The van der Waals surface area contributed by atoms with Crippen LogP contribution in [0.15, 0.2) is 58.9 Å². The second-order valence-electron chi connectivity index (χ2n) is 7.50. The van der Waals surface area contributed by atoms with Crippen LogP contribution in [-0.4, -0.2) is 26.4 Å². The fourth-order valence-corrected chi connectivity index (χ4v) is 4.77. The molecule has 0 aliphatic carbocycles. The fraction of sp³-hybridized carbons (Fsp3) is 0.261. The highest BCUT2D eigenvalue weighted by Crippen LogP contribution is 2.40. The van der Waals surface area contributed by atoms with Crippen molar-refractivity contribution in [2.45, 2.75) is 38.1 Å². The molecule has 2 aromatic carbocycles. The molecule has 2 heterocycles.